The average Bonchev–Trinajstić information content (AvgIpc) is 3.14. The molecule has 1 aliphatic carbocycles. The lowest BCUT2D eigenvalue weighted by Crippen LogP contribution is -2.02. The zero-order valence-electron chi connectivity index (χ0n) is 16.6. The maximum atomic E-state index is 11.7. The van der Waals surface area contributed by atoms with E-state index in [-0.39, 0.29) is 5.92 Å². The van der Waals surface area contributed by atoms with Gasteiger partial charge in [-0.2, -0.15) is 0 Å². The van der Waals surface area contributed by atoms with Crippen molar-refractivity contribution in [3.8, 4) is 0 Å². The lowest BCUT2D eigenvalue weighted by atomic mass is 9.85. The average molecular weight is 386 g/mol. The fourth-order valence-electron chi connectivity index (χ4n) is 4.39. The lowest BCUT2D eigenvalue weighted by Gasteiger charge is -2.18. The highest BCUT2D eigenvalue weighted by Crippen LogP contribution is 2.54. The van der Waals surface area contributed by atoms with E-state index in [1.54, 1.807) is 0 Å². The second kappa shape index (κ2) is 7.88. The van der Waals surface area contributed by atoms with Crippen LogP contribution < -0.4 is 0 Å². The fourth-order valence-corrected chi connectivity index (χ4v) is 4.39. The Bertz CT molecular complexity index is 1200. The molecule has 0 saturated carbocycles. The standard InChI is InChI=1S/C29H22O/c30-29-27(23-17-9-3-10-18-23)25(21-13-5-1-6-14-21)26(22-15-7-2-8-16-22)28(29)24-19-11-4-12-20-24/h1-20,27,30H/t27-/m0/s1. The van der Waals surface area contributed by atoms with Crippen molar-refractivity contribution >= 4 is 16.7 Å². The van der Waals surface area contributed by atoms with Crippen molar-refractivity contribution in [2.24, 2.45) is 0 Å². The summed E-state index contributed by atoms with van der Waals surface area (Å²) in [4.78, 5) is 0. The molecule has 1 atom stereocenters. The van der Waals surface area contributed by atoms with E-state index in [1.165, 1.54) is 0 Å². The van der Waals surface area contributed by atoms with Crippen LogP contribution in [0.4, 0.5) is 0 Å². The van der Waals surface area contributed by atoms with Gasteiger partial charge >= 0.3 is 0 Å². The molecule has 5 rings (SSSR count). The molecule has 0 unspecified atom stereocenters. The third-order valence-electron chi connectivity index (χ3n) is 5.68. The third-order valence-corrected chi connectivity index (χ3v) is 5.68. The zero-order valence-corrected chi connectivity index (χ0v) is 16.6. The highest BCUT2D eigenvalue weighted by molar-refractivity contribution is 6.20. The SMILES string of the molecule is OC1=C(c2ccccc2)C(c2ccccc2)=C(c2ccccc2)[C@@H]1c1ccccc1. The van der Waals surface area contributed by atoms with E-state index in [2.05, 4.69) is 72.8 Å². The predicted molar refractivity (Wildman–Crippen MR) is 125 cm³/mol. The molecule has 1 N–H and O–H groups in total. The Balaban J connectivity index is 1.86. The van der Waals surface area contributed by atoms with Crippen LogP contribution in [0.25, 0.3) is 16.7 Å². The lowest BCUT2D eigenvalue weighted by molar-refractivity contribution is 0.393. The first-order chi connectivity index (χ1) is 14.8. The Morgan fingerprint density at radius 3 is 1.33 bits per heavy atom. The minimum atomic E-state index is -0.209. The molecular weight excluding hydrogens is 364 g/mol. The highest BCUT2D eigenvalue weighted by Gasteiger charge is 2.36. The second-order valence-corrected chi connectivity index (χ2v) is 7.49. The number of aliphatic hydroxyl groups excluding tert-OH is 1. The van der Waals surface area contributed by atoms with E-state index >= 15 is 0 Å². The summed E-state index contributed by atoms with van der Waals surface area (Å²) < 4.78 is 0. The Labute approximate surface area is 177 Å². The van der Waals surface area contributed by atoms with Crippen LogP contribution in [0.1, 0.15) is 28.2 Å². The summed E-state index contributed by atoms with van der Waals surface area (Å²) in [6, 6.07) is 41.3. The summed E-state index contributed by atoms with van der Waals surface area (Å²) in [5.74, 6) is 0.198. The molecular formula is C29H22O. The molecule has 144 valence electrons. The first-order valence-corrected chi connectivity index (χ1v) is 10.2. The van der Waals surface area contributed by atoms with E-state index in [0.29, 0.717) is 5.76 Å². The molecule has 1 nitrogen and oxygen atoms in total. The molecule has 1 aliphatic rings. The molecule has 4 aromatic carbocycles. The summed E-state index contributed by atoms with van der Waals surface area (Å²) in [5.41, 5.74) is 7.51. The van der Waals surface area contributed by atoms with E-state index in [9.17, 15) is 5.11 Å². The van der Waals surface area contributed by atoms with Gasteiger partial charge in [0.05, 0.1) is 5.92 Å². The first kappa shape index (κ1) is 18.2. The minimum Gasteiger partial charge on any atom is -0.511 e. The van der Waals surface area contributed by atoms with Crippen LogP contribution in [0, 0.1) is 0 Å². The quantitative estimate of drug-likeness (QED) is 0.388. The van der Waals surface area contributed by atoms with Crippen molar-refractivity contribution < 1.29 is 5.11 Å². The maximum Gasteiger partial charge on any atom is 0.113 e. The maximum absolute atomic E-state index is 11.7. The van der Waals surface area contributed by atoms with Gasteiger partial charge in [-0.15, -0.1) is 0 Å². The fraction of sp³-hybridized carbons (Fsp3) is 0.0345. The molecule has 0 amide bonds. The van der Waals surface area contributed by atoms with Crippen LogP contribution in [0.3, 0.4) is 0 Å². The summed E-state index contributed by atoms with van der Waals surface area (Å²) in [5, 5.41) is 11.7. The highest BCUT2D eigenvalue weighted by atomic mass is 16.3. The molecule has 0 heterocycles. The number of hydrogen-bond donors (Lipinski definition) is 1. The van der Waals surface area contributed by atoms with Crippen molar-refractivity contribution in [2.45, 2.75) is 5.92 Å². The van der Waals surface area contributed by atoms with Gasteiger partial charge in [-0.3, -0.25) is 0 Å². The van der Waals surface area contributed by atoms with Crippen molar-refractivity contribution in [2.75, 3.05) is 0 Å². The van der Waals surface area contributed by atoms with Gasteiger partial charge in [0.25, 0.3) is 0 Å². The Morgan fingerprint density at radius 1 is 0.433 bits per heavy atom. The Hall–Kier alpha value is -3.84. The van der Waals surface area contributed by atoms with Gasteiger partial charge in [0.2, 0.25) is 0 Å². The van der Waals surface area contributed by atoms with Gasteiger partial charge in [-0.1, -0.05) is 121 Å². The molecule has 1 heteroatoms. The molecule has 0 saturated heterocycles. The van der Waals surface area contributed by atoms with Crippen molar-refractivity contribution in [3.05, 3.63) is 149 Å². The predicted octanol–water partition coefficient (Wildman–Crippen LogP) is 7.36. The van der Waals surface area contributed by atoms with Gasteiger partial charge in [0.15, 0.2) is 0 Å². The van der Waals surface area contributed by atoms with Gasteiger partial charge < -0.3 is 5.11 Å². The van der Waals surface area contributed by atoms with Crippen LogP contribution in [0.15, 0.2) is 127 Å². The van der Waals surface area contributed by atoms with Crippen LogP contribution in [0.5, 0.6) is 0 Å². The van der Waals surface area contributed by atoms with Gasteiger partial charge in [0, 0.05) is 5.57 Å². The smallest absolute Gasteiger partial charge is 0.113 e. The summed E-state index contributed by atoms with van der Waals surface area (Å²) in [7, 11) is 0. The minimum absolute atomic E-state index is 0.209. The molecule has 0 spiro atoms. The number of aliphatic hydroxyl groups is 1. The van der Waals surface area contributed by atoms with Crippen molar-refractivity contribution in [1.82, 2.24) is 0 Å². The van der Waals surface area contributed by atoms with Crippen LogP contribution in [0.2, 0.25) is 0 Å². The van der Waals surface area contributed by atoms with Crippen LogP contribution in [-0.4, -0.2) is 5.11 Å². The molecule has 0 fully saturated rings. The van der Waals surface area contributed by atoms with E-state index in [4.69, 9.17) is 0 Å². The third kappa shape index (κ3) is 3.15. The van der Waals surface area contributed by atoms with Gasteiger partial charge in [0.1, 0.15) is 5.76 Å². The zero-order chi connectivity index (χ0) is 20.3. The molecule has 30 heavy (non-hydrogen) atoms. The summed E-state index contributed by atoms with van der Waals surface area (Å²) >= 11 is 0. The van der Waals surface area contributed by atoms with Gasteiger partial charge in [-0.25, -0.2) is 0 Å². The van der Waals surface area contributed by atoms with Crippen LogP contribution in [-0.2, 0) is 0 Å². The molecule has 0 radical (unpaired) electrons. The first-order valence-electron chi connectivity index (χ1n) is 10.2. The number of allylic oxidation sites excluding steroid dienone is 3. The monoisotopic (exact) mass is 386 g/mol. The topological polar surface area (TPSA) is 20.2 Å². The normalized spacial score (nSPS) is 16.2. The van der Waals surface area contributed by atoms with Crippen LogP contribution >= 0.6 is 0 Å². The Morgan fingerprint density at radius 2 is 0.833 bits per heavy atom. The molecule has 4 aromatic rings. The Kier molecular flexibility index (Phi) is 4.78. The van der Waals surface area contributed by atoms with Crippen molar-refractivity contribution in [3.63, 3.8) is 0 Å². The van der Waals surface area contributed by atoms with E-state index < -0.39 is 0 Å². The summed E-state index contributed by atoms with van der Waals surface area (Å²) in [6.45, 7) is 0. The molecule has 0 aromatic heterocycles. The number of benzene rings is 4. The largest absolute Gasteiger partial charge is 0.511 e. The number of hydrogen-bond acceptors (Lipinski definition) is 1. The molecule has 0 bridgehead atoms. The van der Waals surface area contributed by atoms with E-state index in [1.807, 2.05) is 48.5 Å². The molecule has 0 aliphatic heterocycles. The van der Waals surface area contributed by atoms with Crippen molar-refractivity contribution in [1.29, 1.82) is 0 Å². The number of rotatable bonds is 4. The van der Waals surface area contributed by atoms with E-state index in [0.717, 1.165) is 39.0 Å². The second-order valence-electron chi connectivity index (χ2n) is 7.49. The van der Waals surface area contributed by atoms with Gasteiger partial charge in [-0.05, 0) is 33.4 Å². The summed E-state index contributed by atoms with van der Waals surface area (Å²) in [6.07, 6.45) is 0.